The minimum absolute atomic E-state index is 0.695. The fourth-order valence-corrected chi connectivity index (χ4v) is 2.54. The third-order valence-electron chi connectivity index (χ3n) is 3.57. The van der Waals surface area contributed by atoms with Gasteiger partial charge in [0.2, 0.25) is 0 Å². The van der Waals surface area contributed by atoms with E-state index in [1.54, 1.807) is 0 Å². The van der Waals surface area contributed by atoms with Gasteiger partial charge in [0.25, 0.3) is 0 Å². The van der Waals surface area contributed by atoms with E-state index in [0.717, 1.165) is 18.3 Å². The second kappa shape index (κ2) is 8.55. The minimum Gasteiger partial charge on any atom is -0.298 e. The van der Waals surface area contributed by atoms with Crippen LogP contribution in [0.5, 0.6) is 0 Å². The maximum Gasteiger partial charge on any atom is 0.145 e. The quantitative estimate of drug-likeness (QED) is 0.348. The summed E-state index contributed by atoms with van der Waals surface area (Å²) in [6, 6.07) is 0. The Balaban J connectivity index is 2.27. The molecule has 1 fully saturated rings. The first kappa shape index (κ1) is 13.5. The molecule has 0 heterocycles. The molecular weight excluding hydrogens is 196 g/mol. The molecule has 1 aliphatic carbocycles. The van der Waals surface area contributed by atoms with Crippen LogP contribution in [0, 0.1) is 5.92 Å². The van der Waals surface area contributed by atoms with E-state index in [4.69, 9.17) is 0 Å². The monoisotopic (exact) mass is 222 g/mol. The van der Waals surface area contributed by atoms with Crippen molar-refractivity contribution in [2.75, 3.05) is 0 Å². The smallest absolute Gasteiger partial charge is 0.145 e. The van der Waals surface area contributed by atoms with E-state index in [-0.39, 0.29) is 0 Å². The van der Waals surface area contributed by atoms with Gasteiger partial charge in [0, 0.05) is 0 Å². The minimum atomic E-state index is 0.695. The van der Waals surface area contributed by atoms with Gasteiger partial charge < -0.3 is 0 Å². The molecule has 0 aromatic heterocycles. The Morgan fingerprint density at radius 3 is 2.50 bits per heavy atom. The summed E-state index contributed by atoms with van der Waals surface area (Å²) >= 11 is 0. The Kier molecular flexibility index (Phi) is 7.20. The summed E-state index contributed by atoms with van der Waals surface area (Å²) in [5.41, 5.74) is 1.06. The molecule has 0 unspecified atom stereocenters. The standard InChI is InChI=1S/C15H26O/c1-2-3-4-6-11-15(13-16)12-14-9-7-5-8-10-14/h12-14H,2-11H2,1H3/b15-12+. The van der Waals surface area contributed by atoms with Gasteiger partial charge in [-0.25, -0.2) is 0 Å². The van der Waals surface area contributed by atoms with Gasteiger partial charge in [-0.15, -0.1) is 0 Å². The molecule has 1 aliphatic rings. The molecule has 16 heavy (non-hydrogen) atoms. The molecule has 1 rings (SSSR count). The van der Waals surface area contributed by atoms with E-state index >= 15 is 0 Å². The summed E-state index contributed by atoms with van der Waals surface area (Å²) < 4.78 is 0. The largest absolute Gasteiger partial charge is 0.298 e. The maximum absolute atomic E-state index is 11.0. The Bertz CT molecular complexity index is 211. The molecule has 0 aliphatic heterocycles. The van der Waals surface area contributed by atoms with Crippen LogP contribution in [-0.2, 0) is 4.79 Å². The summed E-state index contributed by atoms with van der Waals surface area (Å²) in [5, 5.41) is 0. The lowest BCUT2D eigenvalue weighted by molar-refractivity contribution is -0.105. The van der Waals surface area contributed by atoms with Crippen LogP contribution in [0.2, 0.25) is 0 Å². The van der Waals surface area contributed by atoms with E-state index in [9.17, 15) is 4.79 Å². The highest BCUT2D eigenvalue weighted by molar-refractivity contribution is 5.73. The van der Waals surface area contributed by atoms with Crippen molar-refractivity contribution < 1.29 is 4.79 Å². The van der Waals surface area contributed by atoms with Crippen LogP contribution in [0.15, 0.2) is 11.6 Å². The number of carbonyl (C=O) groups excluding carboxylic acids is 1. The molecule has 0 aromatic rings. The zero-order chi connectivity index (χ0) is 11.6. The molecule has 0 radical (unpaired) electrons. The van der Waals surface area contributed by atoms with Crippen molar-refractivity contribution in [3.8, 4) is 0 Å². The van der Waals surface area contributed by atoms with Gasteiger partial charge in [0.15, 0.2) is 0 Å². The lowest BCUT2D eigenvalue weighted by Gasteiger charge is -2.18. The van der Waals surface area contributed by atoms with E-state index < -0.39 is 0 Å². The average molecular weight is 222 g/mol. The lowest BCUT2D eigenvalue weighted by Crippen LogP contribution is -2.04. The van der Waals surface area contributed by atoms with Gasteiger partial charge in [-0.05, 0) is 37.2 Å². The van der Waals surface area contributed by atoms with Crippen molar-refractivity contribution in [1.82, 2.24) is 0 Å². The van der Waals surface area contributed by atoms with Gasteiger partial charge in [-0.3, -0.25) is 4.79 Å². The number of hydrogen-bond donors (Lipinski definition) is 0. The average Bonchev–Trinajstić information content (AvgIpc) is 2.34. The second-order valence-electron chi connectivity index (χ2n) is 5.07. The molecule has 0 spiro atoms. The van der Waals surface area contributed by atoms with E-state index in [0.29, 0.717) is 5.92 Å². The first-order chi connectivity index (χ1) is 7.86. The SMILES string of the molecule is CCCCCC/C(C=O)=C\C1CCCCC1. The highest BCUT2D eigenvalue weighted by atomic mass is 16.1. The third kappa shape index (κ3) is 5.48. The Hall–Kier alpha value is -0.590. The van der Waals surface area contributed by atoms with Crippen LogP contribution >= 0.6 is 0 Å². The lowest BCUT2D eigenvalue weighted by atomic mass is 9.87. The predicted molar refractivity (Wildman–Crippen MR) is 69.5 cm³/mol. The number of carbonyl (C=O) groups is 1. The van der Waals surface area contributed by atoms with Gasteiger partial charge in [0.1, 0.15) is 6.29 Å². The molecule has 1 nitrogen and oxygen atoms in total. The summed E-state index contributed by atoms with van der Waals surface area (Å²) in [5.74, 6) is 0.695. The zero-order valence-electron chi connectivity index (χ0n) is 10.7. The fraction of sp³-hybridized carbons (Fsp3) is 0.800. The third-order valence-corrected chi connectivity index (χ3v) is 3.57. The van der Waals surface area contributed by atoms with Crippen LogP contribution in [0.4, 0.5) is 0 Å². The molecule has 0 amide bonds. The van der Waals surface area contributed by atoms with Crippen LogP contribution in [0.3, 0.4) is 0 Å². The molecule has 1 saturated carbocycles. The van der Waals surface area contributed by atoms with Crippen molar-refractivity contribution in [2.45, 2.75) is 71.1 Å². The first-order valence-corrected chi connectivity index (χ1v) is 7.02. The predicted octanol–water partition coefficient (Wildman–Crippen LogP) is 4.66. The second-order valence-corrected chi connectivity index (χ2v) is 5.07. The van der Waals surface area contributed by atoms with Crippen molar-refractivity contribution in [3.63, 3.8) is 0 Å². The Labute approximate surface area is 100 Å². The summed E-state index contributed by atoms with van der Waals surface area (Å²) in [7, 11) is 0. The van der Waals surface area contributed by atoms with Crippen LogP contribution in [-0.4, -0.2) is 6.29 Å². The van der Waals surface area contributed by atoms with Crippen molar-refractivity contribution in [2.24, 2.45) is 5.92 Å². The Morgan fingerprint density at radius 2 is 1.88 bits per heavy atom. The maximum atomic E-state index is 11.0. The summed E-state index contributed by atoms with van der Waals surface area (Å²) in [4.78, 5) is 11.0. The molecule has 0 bridgehead atoms. The molecule has 0 N–H and O–H groups in total. The van der Waals surface area contributed by atoms with Crippen LogP contribution in [0.1, 0.15) is 71.1 Å². The zero-order valence-corrected chi connectivity index (χ0v) is 10.7. The topological polar surface area (TPSA) is 17.1 Å². The van der Waals surface area contributed by atoms with E-state index in [1.165, 1.54) is 57.8 Å². The first-order valence-electron chi connectivity index (χ1n) is 7.02. The van der Waals surface area contributed by atoms with Crippen molar-refractivity contribution in [3.05, 3.63) is 11.6 Å². The number of unbranched alkanes of at least 4 members (excludes halogenated alkanes) is 3. The van der Waals surface area contributed by atoms with Crippen molar-refractivity contribution in [1.29, 1.82) is 0 Å². The Morgan fingerprint density at radius 1 is 1.12 bits per heavy atom. The van der Waals surface area contributed by atoms with E-state index in [2.05, 4.69) is 13.0 Å². The van der Waals surface area contributed by atoms with E-state index in [1.807, 2.05) is 0 Å². The highest BCUT2D eigenvalue weighted by Crippen LogP contribution is 2.26. The fourth-order valence-electron chi connectivity index (χ4n) is 2.54. The van der Waals surface area contributed by atoms with Gasteiger partial charge in [0.05, 0.1) is 0 Å². The summed E-state index contributed by atoms with van der Waals surface area (Å²) in [6.07, 6.45) is 16.1. The normalized spacial score (nSPS) is 18.7. The van der Waals surface area contributed by atoms with Crippen molar-refractivity contribution >= 4 is 6.29 Å². The van der Waals surface area contributed by atoms with Gasteiger partial charge in [-0.1, -0.05) is 51.5 Å². The highest BCUT2D eigenvalue weighted by Gasteiger charge is 2.11. The molecule has 92 valence electrons. The molecular formula is C15H26O. The van der Waals surface area contributed by atoms with Gasteiger partial charge in [-0.2, -0.15) is 0 Å². The van der Waals surface area contributed by atoms with Gasteiger partial charge >= 0.3 is 0 Å². The number of aldehydes is 1. The molecule has 0 atom stereocenters. The molecule has 0 aromatic carbocycles. The van der Waals surface area contributed by atoms with Crippen LogP contribution in [0.25, 0.3) is 0 Å². The molecule has 0 saturated heterocycles. The molecule has 1 heteroatoms. The number of hydrogen-bond acceptors (Lipinski definition) is 1. The number of allylic oxidation sites excluding steroid dienone is 2. The number of rotatable bonds is 7. The summed E-state index contributed by atoms with van der Waals surface area (Å²) in [6.45, 7) is 2.22. The van der Waals surface area contributed by atoms with Crippen LogP contribution < -0.4 is 0 Å².